The van der Waals surface area contributed by atoms with Crippen molar-refractivity contribution in [2.75, 3.05) is 31.5 Å². The maximum absolute atomic E-state index is 13.8. The Kier molecular flexibility index (Phi) is 5.64. The van der Waals surface area contributed by atoms with Crippen molar-refractivity contribution in [1.82, 2.24) is 9.80 Å². The third kappa shape index (κ3) is 4.20. The van der Waals surface area contributed by atoms with Crippen LogP contribution in [0.25, 0.3) is 0 Å². The molecule has 2 amide bonds. The fourth-order valence-electron chi connectivity index (χ4n) is 3.54. The molecule has 0 spiro atoms. The number of carbonyl (C=O) groups is 2. The van der Waals surface area contributed by atoms with Crippen LogP contribution in [0, 0.1) is 5.82 Å². The maximum Gasteiger partial charge on any atom is 0.238 e. The SMILES string of the molecule is O=C1Nc2ccccc2S[C@@H]1CC(=O)N1CCN(Cc2ccccc2F)CC1. The quantitative estimate of drug-likeness (QED) is 0.859. The fraction of sp³-hybridized carbons (Fsp3) is 0.333. The number of piperazine rings is 1. The molecule has 1 N–H and O–H groups in total. The predicted octanol–water partition coefficient (Wildman–Crippen LogP) is 2.97. The van der Waals surface area contributed by atoms with Crippen LogP contribution in [0.3, 0.4) is 0 Å². The molecule has 1 saturated heterocycles. The molecule has 0 saturated carbocycles. The Labute approximate surface area is 167 Å². The number of thioether (sulfide) groups is 1. The van der Waals surface area contributed by atoms with Crippen molar-refractivity contribution in [3.63, 3.8) is 0 Å². The zero-order valence-electron chi connectivity index (χ0n) is 15.4. The van der Waals surface area contributed by atoms with E-state index in [-0.39, 0.29) is 24.1 Å². The summed E-state index contributed by atoms with van der Waals surface area (Å²) in [6, 6.07) is 14.4. The van der Waals surface area contributed by atoms with Crippen molar-refractivity contribution in [3.8, 4) is 0 Å². The van der Waals surface area contributed by atoms with Gasteiger partial charge >= 0.3 is 0 Å². The molecule has 2 heterocycles. The van der Waals surface area contributed by atoms with E-state index in [0.717, 1.165) is 10.6 Å². The van der Waals surface area contributed by atoms with Crippen molar-refractivity contribution < 1.29 is 14.0 Å². The van der Waals surface area contributed by atoms with Crippen LogP contribution < -0.4 is 5.32 Å². The Morgan fingerprint density at radius 1 is 1.07 bits per heavy atom. The number of hydrogen-bond donors (Lipinski definition) is 1. The van der Waals surface area contributed by atoms with Gasteiger partial charge in [0.15, 0.2) is 0 Å². The number of benzene rings is 2. The van der Waals surface area contributed by atoms with Crippen molar-refractivity contribution in [2.45, 2.75) is 23.1 Å². The van der Waals surface area contributed by atoms with Gasteiger partial charge in [-0.05, 0) is 18.2 Å². The van der Waals surface area contributed by atoms with Crippen molar-refractivity contribution >= 4 is 29.3 Å². The Morgan fingerprint density at radius 2 is 1.79 bits per heavy atom. The van der Waals surface area contributed by atoms with Gasteiger partial charge < -0.3 is 10.2 Å². The number of nitrogens with one attached hydrogen (secondary N) is 1. The number of fused-ring (bicyclic) bond motifs is 1. The van der Waals surface area contributed by atoms with E-state index in [4.69, 9.17) is 0 Å². The molecular weight excluding hydrogens is 377 g/mol. The number of halogens is 1. The Bertz CT molecular complexity index is 883. The van der Waals surface area contributed by atoms with Crippen LogP contribution in [-0.2, 0) is 16.1 Å². The summed E-state index contributed by atoms with van der Waals surface area (Å²) in [4.78, 5) is 30.0. The van der Waals surface area contributed by atoms with Gasteiger partial charge in [-0.3, -0.25) is 14.5 Å². The normalized spacial score (nSPS) is 19.8. The van der Waals surface area contributed by atoms with Crippen molar-refractivity contribution in [3.05, 3.63) is 59.9 Å². The number of hydrogen-bond acceptors (Lipinski definition) is 4. The van der Waals surface area contributed by atoms with Crippen molar-refractivity contribution in [2.24, 2.45) is 0 Å². The second kappa shape index (κ2) is 8.32. The first-order chi connectivity index (χ1) is 13.6. The lowest BCUT2D eigenvalue weighted by atomic mass is 10.1. The van der Waals surface area contributed by atoms with E-state index in [1.165, 1.54) is 17.8 Å². The van der Waals surface area contributed by atoms with Crippen LogP contribution in [0.2, 0.25) is 0 Å². The Balaban J connectivity index is 1.30. The molecule has 1 atom stereocenters. The van der Waals surface area contributed by atoms with Crippen LogP contribution in [0.15, 0.2) is 53.4 Å². The van der Waals surface area contributed by atoms with Gasteiger partial charge in [-0.2, -0.15) is 0 Å². The summed E-state index contributed by atoms with van der Waals surface area (Å²) in [6.07, 6.45) is 0.193. The highest BCUT2D eigenvalue weighted by Gasteiger charge is 2.31. The largest absolute Gasteiger partial charge is 0.340 e. The molecule has 2 aliphatic rings. The topological polar surface area (TPSA) is 52.7 Å². The van der Waals surface area contributed by atoms with Gasteiger partial charge in [0.25, 0.3) is 0 Å². The minimum atomic E-state index is -0.404. The number of amides is 2. The van der Waals surface area contributed by atoms with E-state index in [9.17, 15) is 14.0 Å². The van der Waals surface area contributed by atoms with Crippen molar-refractivity contribution in [1.29, 1.82) is 0 Å². The van der Waals surface area contributed by atoms with Crippen LogP contribution in [0.1, 0.15) is 12.0 Å². The molecule has 0 unspecified atom stereocenters. The lowest BCUT2D eigenvalue weighted by molar-refractivity contribution is -0.134. The molecule has 7 heteroatoms. The lowest BCUT2D eigenvalue weighted by Gasteiger charge is -2.35. The summed E-state index contributed by atoms with van der Waals surface area (Å²) < 4.78 is 13.8. The molecule has 2 aromatic rings. The summed E-state index contributed by atoms with van der Waals surface area (Å²) in [5, 5.41) is 2.48. The van der Waals surface area contributed by atoms with Crippen LogP contribution in [0.5, 0.6) is 0 Å². The fourth-order valence-corrected chi connectivity index (χ4v) is 4.64. The van der Waals surface area contributed by atoms with Gasteiger partial charge in [0.1, 0.15) is 5.82 Å². The monoisotopic (exact) mass is 399 g/mol. The molecular formula is C21H22FN3O2S. The highest BCUT2D eigenvalue weighted by Crippen LogP contribution is 2.36. The number of nitrogens with zero attached hydrogens (tertiary/aromatic N) is 2. The minimum absolute atomic E-state index is 0.00225. The molecule has 2 aromatic carbocycles. The maximum atomic E-state index is 13.8. The van der Waals surface area contributed by atoms with E-state index in [1.54, 1.807) is 12.1 Å². The second-order valence-corrected chi connectivity index (χ2v) is 8.29. The third-order valence-electron chi connectivity index (χ3n) is 5.14. The molecule has 28 heavy (non-hydrogen) atoms. The molecule has 0 bridgehead atoms. The van der Waals surface area contributed by atoms with Gasteiger partial charge in [-0.1, -0.05) is 30.3 Å². The molecule has 0 radical (unpaired) electrons. The average molecular weight is 399 g/mol. The summed E-state index contributed by atoms with van der Waals surface area (Å²) in [6.45, 7) is 3.15. The first kappa shape index (κ1) is 19.0. The molecule has 0 aromatic heterocycles. The van der Waals surface area contributed by atoms with Gasteiger partial charge in [-0.25, -0.2) is 4.39 Å². The highest BCUT2D eigenvalue weighted by molar-refractivity contribution is 8.01. The molecule has 5 nitrogen and oxygen atoms in total. The lowest BCUT2D eigenvalue weighted by Crippen LogP contribution is -2.49. The zero-order valence-corrected chi connectivity index (χ0v) is 16.3. The van der Waals surface area contributed by atoms with Gasteiger partial charge in [0, 0.05) is 49.6 Å². The summed E-state index contributed by atoms with van der Waals surface area (Å²) in [5.41, 5.74) is 1.49. The first-order valence-corrected chi connectivity index (χ1v) is 10.3. The molecule has 2 aliphatic heterocycles. The third-order valence-corrected chi connectivity index (χ3v) is 6.42. The van der Waals surface area contributed by atoms with Gasteiger partial charge in [0.2, 0.25) is 11.8 Å². The molecule has 0 aliphatic carbocycles. The van der Waals surface area contributed by atoms with Gasteiger partial charge in [0.05, 0.1) is 10.9 Å². The van der Waals surface area contributed by atoms with E-state index < -0.39 is 5.25 Å². The molecule has 146 valence electrons. The van der Waals surface area contributed by atoms with Gasteiger partial charge in [-0.15, -0.1) is 11.8 Å². The zero-order chi connectivity index (χ0) is 19.5. The standard InChI is InChI=1S/C21H22FN3O2S/c22-16-6-2-1-5-15(16)14-24-9-11-25(12-10-24)20(26)13-19-21(27)23-17-7-3-4-8-18(17)28-19/h1-8,19H,9-14H2,(H,23,27)/t19-/m1/s1. The molecule has 4 rings (SSSR count). The summed E-state index contributed by atoms with van der Waals surface area (Å²) in [5.74, 6) is -0.311. The highest BCUT2D eigenvalue weighted by atomic mass is 32.2. The van der Waals surface area contributed by atoms with E-state index in [0.29, 0.717) is 38.3 Å². The number of carbonyl (C=O) groups excluding carboxylic acids is 2. The predicted molar refractivity (Wildman–Crippen MR) is 108 cm³/mol. The number of anilines is 1. The Hall–Kier alpha value is -2.38. The second-order valence-electron chi connectivity index (χ2n) is 7.04. The smallest absolute Gasteiger partial charge is 0.238 e. The van der Waals surface area contributed by atoms with Crippen LogP contribution >= 0.6 is 11.8 Å². The summed E-state index contributed by atoms with van der Waals surface area (Å²) >= 11 is 1.45. The van der Waals surface area contributed by atoms with Crippen LogP contribution in [0.4, 0.5) is 10.1 Å². The average Bonchev–Trinajstić information content (AvgIpc) is 2.71. The van der Waals surface area contributed by atoms with E-state index in [2.05, 4.69) is 10.2 Å². The van der Waals surface area contributed by atoms with E-state index >= 15 is 0 Å². The van der Waals surface area contributed by atoms with Crippen LogP contribution in [-0.4, -0.2) is 53.0 Å². The first-order valence-electron chi connectivity index (χ1n) is 9.40. The van der Waals surface area contributed by atoms with E-state index in [1.807, 2.05) is 35.2 Å². The minimum Gasteiger partial charge on any atom is -0.340 e. The molecule has 1 fully saturated rings. The number of para-hydroxylation sites is 1. The number of rotatable bonds is 4. The Morgan fingerprint density at radius 3 is 2.57 bits per heavy atom. The summed E-state index contributed by atoms with van der Waals surface area (Å²) in [7, 11) is 0.